The van der Waals surface area contributed by atoms with E-state index in [1.54, 1.807) is 13.1 Å². The van der Waals surface area contributed by atoms with E-state index in [4.69, 9.17) is 0 Å². The molecule has 0 aliphatic rings. The van der Waals surface area contributed by atoms with Crippen LogP contribution in [0.25, 0.3) is 0 Å². The molecule has 0 spiro atoms. The second kappa shape index (κ2) is 5.62. The van der Waals surface area contributed by atoms with Gasteiger partial charge in [0.25, 0.3) is 5.69 Å². The second-order valence-corrected chi connectivity index (χ2v) is 6.16. The van der Waals surface area contributed by atoms with Gasteiger partial charge < -0.3 is 4.98 Å². The number of aromatic nitrogens is 2. The van der Waals surface area contributed by atoms with Gasteiger partial charge in [-0.1, -0.05) is 6.07 Å². The van der Waals surface area contributed by atoms with Crippen LogP contribution in [0.4, 0.5) is 5.69 Å². The van der Waals surface area contributed by atoms with E-state index in [0.717, 1.165) is 0 Å². The molecular weight excluding hydrogens is 296 g/mol. The van der Waals surface area contributed by atoms with Crippen LogP contribution in [0, 0.1) is 17.0 Å². The lowest BCUT2D eigenvalue weighted by Crippen LogP contribution is -2.28. The van der Waals surface area contributed by atoms with Gasteiger partial charge in [0, 0.05) is 24.0 Å². The van der Waals surface area contributed by atoms with Gasteiger partial charge in [0.15, 0.2) is 0 Å². The third-order valence-electron chi connectivity index (χ3n) is 3.00. The number of sulfonamides is 1. The van der Waals surface area contributed by atoms with E-state index in [1.807, 2.05) is 0 Å². The van der Waals surface area contributed by atoms with Crippen molar-refractivity contribution >= 4 is 15.7 Å². The van der Waals surface area contributed by atoms with Crippen molar-refractivity contribution in [3.8, 4) is 0 Å². The molecule has 0 aliphatic heterocycles. The van der Waals surface area contributed by atoms with Crippen LogP contribution in [0.1, 0.15) is 24.4 Å². The predicted octanol–water partition coefficient (Wildman–Crippen LogP) is 1.67. The van der Waals surface area contributed by atoms with Crippen LogP contribution in [0.2, 0.25) is 0 Å². The average Bonchev–Trinajstić information content (AvgIpc) is 2.91. The lowest BCUT2D eigenvalue weighted by Gasteiger charge is -2.13. The molecule has 21 heavy (non-hydrogen) atoms. The molecule has 9 heteroatoms. The summed E-state index contributed by atoms with van der Waals surface area (Å²) in [5.41, 5.74) is -0.134. The van der Waals surface area contributed by atoms with Crippen molar-refractivity contribution < 1.29 is 13.3 Å². The summed E-state index contributed by atoms with van der Waals surface area (Å²) in [6, 6.07) is 3.37. The van der Waals surface area contributed by atoms with Gasteiger partial charge in [0.1, 0.15) is 5.82 Å². The van der Waals surface area contributed by atoms with Gasteiger partial charge in [-0.3, -0.25) is 10.1 Å². The summed E-state index contributed by atoms with van der Waals surface area (Å²) in [7, 11) is -3.89. The van der Waals surface area contributed by atoms with Crippen LogP contribution in [0.15, 0.2) is 35.5 Å². The second-order valence-electron chi connectivity index (χ2n) is 4.47. The highest BCUT2D eigenvalue weighted by Gasteiger charge is 2.25. The van der Waals surface area contributed by atoms with Gasteiger partial charge >= 0.3 is 0 Å². The standard InChI is InChI=1S/C12H14N4O4S/c1-8-10(16(17)18)4-3-5-11(8)21(19,20)15-9(2)12-13-6-7-14-12/h3-7,9,15H,1-2H3,(H,13,14). The molecule has 0 amide bonds. The van der Waals surface area contributed by atoms with Gasteiger partial charge in [-0.15, -0.1) is 0 Å². The van der Waals surface area contributed by atoms with Crippen LogP contribution >= 0.6 is 0 Å². The molecule has 1 unspecified atom stereocenters. The van der Waals surface area contributed by atoms with Gasteiger partial charge in [-0.2, -0.15) is 0 Å². The number of hydrogen-bond donors (Lipinski definition) is 2. The minimum Gasteiger partial charge on any atom is -0.347 e. The van der Waals surface area contributed by atoms with Crippen molar-refractivity contribution in [2.45, 2.75) is 24.8 Å². The Morgan fingerprint density at radius 1 is 1.43 bits per heavy atom. The van der Waals surface area contributed by atoms with Gasteiger partial charge in [-0.25, -0.2) is 18.1 Å². The zero-order valence-corrected chi connectivity index (χ0v) is 12.2. The van der Waals surface area contributed by atoms with E-state index in [-0.39, 0.29) is 16.1 Å². The molecule has 2 aromatic rings. The number of nitrogens with one attached hydrogen (secondary N) is 2. The maximum atomic E-state index is 12.4. The molecule has 8 nitrogen and oxygen atoms in total. The Labute approximate surface area is 121 Å². The van der Waals surface area contributed by atoms with Crippen molar-refractivity contribution in [2.24, 2.45) is 0 Å². The number of H-pyrrole nitrogens is 1. The highest BCUT2D eigenvalue weighted by Crippen LogP contribution is 2.25. The molecule has 0 radical (unpaired) electrons. The fourth-order valence-corrected chi connectivity index (χ4v) is 3.43. The van der Waals surface area contributed by atoms with Crippen molar-refractivity contribution in [1.82, 2.24) is 14.7 Å². The molecule has 0 fully saturated rings. The van der Waals surface area contributed by atoms with Crippen LogP contribution in [-0.4, -0.2) is 23.3 Å². The van der Waals surface area contributed by atoms with E-state index in [9.17, 15) is 18.5 Å². The molecular formula is C12H14N4O4S. The molecule has 0 bridgehead atoms. The van der Waals surface area contributed by atoms with Crippen LogP contribution in [0.5, 0.6) is 0 Å². The number of nitro groups is 1. The summed E-state index contributed by atoms with van der Waals surface area (Å²) >= 11 is 0. The topological polar surface area (TPSA) is 118 Å². The van der Waals surface area contributed by atoms with Crippen LogP contribution in [0.3, 0.4) is 0 Å². The Morgan fingerprint density at radius 3 is 2.71 bits per heavy atom. The maximum Gasteiger partial charge on any atom is 0.273 e. The summed E-state index contributed by atoms with van der Waals surface area (Å²) < 4.78 is 27.2. The quantitative estimate of drug-likeness (QED) is 0.643. The molecule has 1 heterocycles. The first-order valence-electron chi connectivity index (χ1n) is 6.08. The number of benzene rings is 1. The van der Waals surface area contributed by atoms with Crippen molar-refractivity contribution in [3.63, 3.8) is 0 Å². The van der Waals surface area contributed by atoms with E-state index in [1.165, 1.54) is 31.3 Å². The highest BCUT2D eigenvalue weighted by atomic mass is 32.2. The first-order valence-corrected chi connectivity index (χ1v) is 7.57. The molecule has 1 aromatic carbocycles. The Bertz CT molecular complexity index is 756. The van der Waals surface area contributed by atoms with E-state index < -0.39 is 21.0 Å². The van der Waals surface area contributed by atoms with Gasteiger partial charge in [0.2, 0.25) is 10.0 Å². The zero-order valence-electron chi connectivity index (χ0n) is 11.4. The SMILES string of the molecule is Cc1c([N+](=O)[O-])cccc1S(=O)(=O)NC(C)c1ncc[nH]1. The normalized spacial score (nSPS) is 13.0. The van der Waals surface area contributed by atoms with Crippen molar-refractivity contribution in [3.05, 3.63) is 52.1 Å². The molecule has 2 N–H and O–H groups in total. The summed E-state index contributed by atoms with van der Waals surface area (Å²) in [6.07, 6.45) is 3.09. The third-order valence-corrected chi connectivity index (χ3v) is 4.69. The summed E-state index contributed by atoms with van der Waals surface area (Å²) in [5, 5.41) is 10.9. The first-order chi connectivity index (χ1) is 9.83. The minimum absolute atomic E-state index is 0.0987. The lowest BCUT2D eigenvalue weighted by atomic mass is 10.2. The Morgan fingerprint density at radius 2 is 2.14 bits per heavy atom. The Hall–Kier alpha value is -2.26. The van der Waals surface area contributed by atoms with Crippen molar-refractivity contribution in [2.75, 3.05) is 0 Å². The summed E-state index contributed by atoms with van der Waals surface area (Å²) in [4.78, 5) is 16.9. The number of nitro benzene ring substituents is 1. The first kappa shape index (κ1) is 15.1. The average molecular weight is 310 g/mol. The van der Waals surface area contributed by atoms with Crippen LogP contribution in [-0.2, 0) is 10.0 Å². The maximum absolute atomic E-state index is 12.4. The Kier molecular flexibility index (Phi) is 4.05. The molecule has 0 saturated carbocycles. The summed E-state index contributed by atoms with van der Waals surface area (Å²) in [6.45, 7) is 3.04. The van der Waals surface area contributed by atoms with Crippen molar-refractivity contribution in [1.29, 1.82) is 0 Å². The highest BCUT2D eigenvalue weighted by molar-refractivity contribution is 7.89. The number of aromatic amines is 1. The van der Waals surface area contributed by atoms with Gasteiger partial charge in [0.05, 0.1) is 15.9 Å². The number of nitrogens with zero attached hydrogens (tertiary/aromatic N) is 2. The number of rotatable bonds is 5. The molecule has 0 aliphatic carbocycles. The van der Waals surface area contributed by atoms with Gasteiger partial charge in [-0.05, 0) is 19.9 Å². The van der Waals surface area contributed by atoms with Crippen LogP contribution < -0.4 is 4.72 Å². The molecule has 2 rings (SSSR count). The summed E-state index contributed by atoms with van der Waals surface area (Å²) in [5.74, 6) is 0.460. The zero-order chi connectivity index (χ0) is 15.6. The van der Waals surface area contributed by atoms with E-state index in [0.29, 0.717) is 5.82 Å². The monoisotopic (exact) mass is 310 g/mol. The third kappa shape index (κ3) is 3.09. The smallest absolute Gasteiger partial charge is 0.273 e. The molecule has 1 atom stereocenters. The van der Waals surface area contributed by atoms with E-state index in [2.05, 4.69) is 14.7 Å². The predicted molar refractivity (Wildman–Crippen MR) is 75.2 cm³/mol. The Balaban J connectivity index is 2.36. The fraction of sp³-hybridized carbons (Fsp3) is 0.250. The minimum atomic E-state index is -3.89. The molecule has 1 aromatic heterocycles. The fourth-order valence-electron chi connectivity index (χ4n) is 1.96. The largest absolute Gasteiger partial charge is 0.347 e. The molecule has 0 saturated heterocycles. The lowest BCUT2D eigenvalue weighted by molar-refractivity contribution is -0.385. The number of imidazole rings is 1. The van der Waals surface area contributed by atoms with E-state index >= 15 is 0 Å². The molecule has 112 valence electrons. The number of hydrogen-bond acceptors (Lipinski definition) is 5.